The molecule has 0 aliphatic carbocycles. The second kappa shape index (κ2) is 5.50. The number of esters is 1. The Balaban J connectivity index is 2.08. The zero-order chi connectivity index (χ0) is 13.0. The molecule has 0 aromatic heterocycles. The average Bonchev–Trinajstić information content (AvgIpc) is 2.38. The highest BCUT2D eigenvalue weighted by Gasteiger charge is 2.04. The molecule has 0 aliphatic heterocycles. The van der Waals surface area contributed by atoms with Crippen LogP contribution in [-0.4, -0.2) is 12.6 Å². The third kappa shape index (κ3) is 2.77. The van der Waals surface area contributed by atoms with Crippen molar-refractivity contribution in [1.29, 1.82) is 0 Å². The van der Waals surface area contributed by atoms with Crippen LogP contribution in [-0.2, 0) is 16.0 Å². The number of benzene rings is 2. The molecule has 0 bridgehead atoms. The summed E-state index contributed by atoms with van der Waals surface area (Å²) in [6.07, 6.45) is 0.723. The fourth-order valence-corrected chi connectivity index (χ4v) is 1.89. The monoisotopic (exact) mass is 240 g/mol. The summed E-state index contributed by atoms with van der Waals surface area (Å²) in [5, 5.41) is 2.42. The maximum absolute atomic E-state index is 11.3. The minimum absolute atomic E-state index is 0.324. The van der Waals surface area contributed by atoms with Gasteiger partial charge in [-0.1, -0.05) is 49.0 Å². The van der Waals surface area contributed by atoms with Crippen LogP contribution in [0.1, 0.15) is 12.5 Å². The molecule has 0 aliphatic rings. The number of carbonyl (C=O) groups excluding carboxylic acids is 1. The first-order chi connectivity index (χ1) is 8.68. The van der Waals surface area contributed by atoms with Crippen LogP contribution in [0.5, 0.6) is 0 Å². The highest BCUT2D eigenvalue weighted by Crippen LogP contribution is 2.18. The Kier molecular flexibility index (Phi) is 3.78. The van der Waals surface area contributed by atoms with E-state index in [1.807, 2.05) is 18.2 Å². The minimum Gasteiger partial charge on any atom is -0.462 e. The van der Waals surface area contributed by atoms with Gasteiger partial charge in [0, 0.05) is 12.0 Å². The van der Waals surface area contributed by atoms with Gasteiger partial charge in [-0.05, 0) is 23.3 Å². The predicted octanol–water partition coefficient (Wildman–Crippen LogP) is 3.50. The van der Waals surface area contributed by atoms with Crippen molar-refractivity contribution in [2.45, 2.75) is 13.3 Å². The van der Waals surface area contributed by atoms with E-state index in [1.165, 1.54) is 16.3 Å². The van der Waals surface area contributed by atoms with E-state index in [0.717, 1.165) is 6.42 Å². The van der Waals surface area contributed by atoms with Crippen LogP contribution < -0.4 is 0 Å². The van der Waals surface area contributed by atoms with Gasteiger partial charge in [0.25, 0.3) is 0 Å². The fourth-order valence-electron chi connectivity index (χ4n) is 1.89. The smallest absolute Gasteiger partial charge is 0.333 e. The third-order valence-electron chi connectivity index (χ3n) is 2.83. The first-order valence-corrected chi connectivity index (χ1v) is 5.98. The molecule has 2 aromatic carbocycles. The minimum atomic E-state index is -0.324. The summed E-state index contributed by atoms with van der Waals surface area (Å²) >= 11 is 0. The average molecular weight is 240 g/mol. The highest BCUT2D eigenvalue weighted by molar-refractivity contribution is 5.87. The number of hydrogen-bond acceptors (Lipinski definition) is 2. The van der Waals surface area contributed by atoms with E-state index >= 15 is 0 Å². The van der Waals surface area contributed by atoms with E-state index in [1.54, 1.807) is 6.92 Å². The van der Waals surface area contributed by atoms with Gasteiger partial charge in [0.05, 0.1) is 6.61 Å². The lowest BCUT2D eigenvalue weighted by atomic mass is 10.0. The van der Waals surface area contributed by atoms with Gasteiger partial charge in [-0.15, -0.1) is 0 Å². The van der Waals surface area contributed by atoms with Gasteiger partial charge in [0.1, 0.15) is 0 Å². The van der Waals surface area contributed by atoms with E-state index < -0.39 is 0 Å². The quantitative estimate of drug-likeness (QED) is 0.604. The maximum Gasteiger partial charge on any atom is 0.333 e. The summed E-state index contributed by atoms with van der Waals surface area (Å²) < 4.78 is 5.12. The lowest BCUT2D eigenvalue weighted by molar-refractivity contribution is -0.138. The molecular formula is C16H16O2. The number of hydrogen-bond donors (Lipinski definition) is 0. The largest absolute Gasteiger partial charge is 0.462 e. The number of ether oxygens (including phenoxy) is 1. The normalized spacial score (nSPS) is 10.3. The molecule has 2 aromatic rings. The van der Waals surface area contributed by atoms with Crippen LogP contribution >= 0.6 is 0 Å². The molecule has 18 heavy (non-hydrogen) atoms. The van der Waals surface area contributed by atoms with Crippen LogP contribution in [0.4, 0.5) is 0 Å². The lowest BCUT2D eigenvalue weighted by Gasteiger charge is -2.07. The van der Waals surface area contributed by atoms with Gasteiger partial charge in [0.2, 0.25) is 0 Å². The number of rotatable bonds is 4. The zero-order valence-electron chi connectivity index (χ0n) is 10.5. The number of carbonyl (C=O) groups is 1. The van der Waals surface area contributed by atoms with E-state index in [-0.39, 0.29) is 5.97 Å². The SMILES string of the molecule is C=C(C)C(=O)OCCc1cccc2ccccc12. The predicted molar refractivity (Wildman–Crippen MR) is 73.4 cm³/mol. The molecule has 0 amide bonds. The van der Waals surface area contributed by atoms with E-state index in [0.29, 0.717) is 12.2 Å². The van der Waals surface area contributed by atoms with Gasteiger partial charge in [-0.3, -0.25) is 0 Å². The molecule has 0 saturated carbocycles. The summed E-state index contributed by atoms with van der Waals surface area (Å²) in [7, 11) is 0. The van der Waals surface area contributed by atoms with Crippen molar-refractivity contribution in [2.75, 3.05) is 6.61 Å². The standard InChI is InChI=1S/C16H16O2/c1-12(2)16(17)18-11-10-14-8-5-7-13-6-3-4-9-15(13)14/h3-9H,1,10-11H2,2H3. The van der Waals surface area contributed by atoms with Crippen LogP contribution in [0.15, 0.2) is 54.6 Å². The second-order valence-electron chi connectivity index (χ2n) is 4.30. The third-order valence-corrected chi connectivity index (χ3v) is 2.83. The summed E-state index contributed by atoms with van der Waals surface area (Å²) in [4.78, 5) is 11.3. The summed E-state index contributed by atoms with van der Waals surface area (Å²) in [5.74, 6) is -0.324. The van der Waals surface area contributed by atoms with Gasteiger partial charge in [-0.25, -0.2) is 4.79 Å². The summed E-state index contributed by atoms with van der Waals surface area (Å²) in [5.41, 5.74) is 1.63. The molecule has 0 heterocycles. The van der Waals surface area contributed by atoms with E-state index in [2.05, 4.69) is 30.8 Å². The van der Waals surface area contributed by atoms with Gasteiger partial charge in [-0.2, -0.15) is 0 Å². The molecule has 92 valence electrons. The summed E-state index contributed by atoms with van der Waals surface area (Å²) in [6, 6.07) is 14.4. The fraction of sp³-hybridized carbons (Fsp3) is 0.188. The first-order valence-electron chi connectivity index (χ1n) is 5.98. The molecule has 2 heteroatoms. The molecule has 0 fully saturated rings. The van der Waals surface area contributed by atoms with Crippen molar-refractivity contribution in [2.24, 2.45) is 0 Å². The Morgan fingerprint density at radius 2 is 1.89 bits per heavy atom. The van der Waals surface area contributed by atoms with Crippen molar-refractivity contribution in [3.05, 3.63) is 60.2 Å². The van der Waals surface area contributed by atoms with E-state index in [9.17, 15) is 4.79 Å². The van der Waals surface area contributed by atoms with Gasteiger partial charge < -0.3 is 4.74 Å². The second-order valence-corrected chi connectivity index (χ2v) is 4.30. The van der Waals surface area contributed by atoms with Crippen molar-refractivity contribution in [3.63, 3.8) is 0 Å². The Morgan fingerprint density at radius 3 is 2.67 bits per heavy atom. The topological polar surface area (TPSA) is 26.3 Å². The van der Waals surface area contributed by atoms with Crippen LogP contribution in [0.2, 0.25) is 0 Å². The Hall–Kier alpha value is -2.09. The molecule has 2 rings (SSSR count). The van der Waals surface area contributed by atoms with Crippen molar-refractivity contribution < 1.29 is 9.53 Å². The molecule has 0 saturated heterocycles. The maximum atomic E-state index is 11.3. The van der Waals surface area contributed by atoms with Gasteiger partial charge >= 0.3 is 5.97 Å². The molecule has 0 radical (unpaired) electrons. The lowest BCUT2D eigenvalue weighted by Crippen LogP contribution is -2.08. The first kappa shape index (κ1) is 12.4. The highest BCUT2D eigenvalue weighted by atomic mass is 16.5. The van der Waals surface area contributed by atoms with Crippen molar-refractivity contribution in [3.8, 4) is 0 Å². The number of fused-ring (bicyclic) bond motifs is 1. The molecule has 0 spiro atoms. The molecular weight excluding hydrogens is 224 g/mol. The van der Waals surface area contributed by atoms with Crippen LogP contribution in [0.3, 0.4) is 0 Å². The molecule has 2 nitrogen and oxygen atoms in total. The molecule has 0 N–H and O–H groups in total. The Labute approximate surface area is 107 Å². The Morgan fingerprint density at radius 1 is 1.17 bits per heavy atom. The van der Waals surface area contributed by atoms with Crippen molar-refractivity contribution in [1.82, 2.24) is 0 Å². The van der Waals surface area contributed by atoms with Crippen molar-refractivity contribution >= 4 is 16.7 Å². The van der Waals surface area contributed by atoms with Crippen LogP contribution in [0, 0.1) is 0 Å². The Bertz CT molecular complexity index is 579. The van der Waals surface area contributed by atoms with Gasteiger partial charge in [0.15, 0.2) is 0 Å². The molecule has 0 atom stereocenters. The summed E-state index contributed by atoms with van der Waals surface area (Å²) in [6.45, 7) is 5.60. The molecule has 0 unspecified atom stereocenters. The zero-order valence-corrected chi connectivity index (χ0v) is 10.5. The van der Waals surface area contributed by atoms with Crippen LogP contribution in [0.25, 0.3) is 10.8 Å². The van der Waals surface area contributed by atoms with E-state index in [4.69, 9.17) is 4.74 Å².